The number of rotatable bonds is 6. The second kappa shape index (κ2) is 6.41. The van der Waals surface area contributed by atoms with Gasteiger partial charge in [0.05, 0.1) is 12.5 Å². The van der Waals surface area contributed by atoms with Crippen molar-refractivity contribution in [2.45, 2.75) is 33.7 Å². The zero-order chi connectivity index (χ0) is 14.5. The molecule has 0 spiro atoms. The molecule has 2 aromatic rings. The summed E-state index contributed by atoms with van der Waals surface area (Å²) in [7, 11) is 2.03. The van der Waals surface area contributed by atoms with Crippen LogP contribution in [0, 0.1) is 13.8 Å². The van der Waals surface area contributed by atoms with Gasteiger partial charge in [-0.1, -0.05) is 6.92 Å². The van der Waals surface area contributed by atoms with Crippen LogP contribution in [0.3, 0.4) is 0 Å². The molecular formula is C15H22N4O. The van der Waals surface area contributed by atoms with Gasteiger partial charge in [0, 0.05) is 31.3 Å². The number of aryl methyl sites for hydroxylation is 1. The number of anilines is 2. The minimum absolute atomic E-state index is 0.765. The van der Waals surface area contributed by atoms with Crippen LogP contribution in [0.15, 0.2) is 23.0 Å². The molecule has 2 rings (SSSR count). The first-order valence-corrected chi connectivity index (χ1v) is 6.93. The van der Waals surface area contributed by atoms with E-state index in [4.69, 9.17) is 4.42 Å². The van der Waals surface area contributed by atoms with Crippen molar-refractivity contribution in [1.82, 2.24) is 9.97 Å². The molecule has 108 valence electrons. The van der Waals surface area contributed by atoms with E-state index < -0.39 is 0 Å². The van der Waals surface area contributed by atoms with Crippen LogP contribution in [0.5, 0.6) is 0 Å². The molecule has 0 amide bonds. The Kier molecular flexibility index (Phi) is 4.61. The van der Waals surface area contributed by atoms with Crippen molar-refractivity contribution in [3.8, 4) is 0 Å². The van der Waals surface area contributed by atoms with Gasteiger partial charge in [-0.3, -0.25) is 0 Å². The van der Waals surface area contributed by atoms with E-state index in [2.05, 4.69) is 34.0 Å². The first-order valence-electron chi connectivity index (χ1n) is 6.93. The van der Waals surface area contributed by atoms with Crippen LogP contribution in [0.1, 0.15) is 30.3 Å². The average Bonchev–Trinajstić information content (AvgIpc) is 2.92. The van der Waals surface area contributed by atoms with Crippen LogP contribution in [-0.2, 0) is 6.54 Å². The highest BCUT2D eigenvalue weighted by molar-refractivity contribution is 5.58. The van der Waals surface area contributed by atoms with Crippen LogP contribution in [-0.4, -0.2) is 23.6 Å². The molecule has 0 saturated heterocycles. The Hall–Kier alpha value is -2.04. The molecule has 1 N–H and O–H groups in total. The molecule has 0 aliphatic heterocycles. The van der Waals surface area contributed by atoms with E-state index in [9.17, 15) is 0 Å². The number of furan rings is 1. The summed E-state index contributed by atoms with van der Waals surface area (Å²) in [6.45, 7) is 7.80. The zero-order valence-corrected chi connectivity index (χ0v) is 12.6. The molecule has 0 aromatic carbocycles. The van der Waals surface area contributed by atoms with Crippen molar-refractivity contribution in [3.05, 3.63) is 35.5 Å². The number of nitrogens with zero attached hydrogens (tertiary/aromatic N) is 3. The Labute approximate surface area is 120 Å². The summed E-state index contributed by atoms with van der Waals surface area (Å²) in [5.41, 5.74) is 2.21. The van der Waals surface area contributed by atoms with Crippen molar-refractivity contribution < 1.29 is 4.42 Å². The van der Waals surface area contributed by atoms with Gasteiger partial charge >= 0.3 is 0 Å². The molecule has 5 nitrogen and oxygen atoms in total. The van der Waals surface area contributed by atoms with Crippen LogP contribution in [0.4, 0.5) is 11.6 Å². The predicted octanol–water partition coefficient (Wildman–Crippen LogP) is 3.14. The molecule has 0 unspecified atom stereocenters. The highest BCUT2D eigenvalue weighted by Gasteiger charge is 2.13. The summed E-state index contributed by atoms with van der Waals surface area (Å²) in [5, 5.41) is 3.36. The second-order valence-corrected chi connectivity index (χ2v) is 4.98. The van der Waals surface area contributed by atoms with Crippen molar-refractivity contribution >= 4 is 11.6 Å². The van der Waals surface area contributed by atoms with Crippen molar-refractivity contribution in [1.29, 1.82) is 0 Å². The van der Waals surface area contributed by atoms with Crippen LogP contribution >= 0.6 is 0 Å². The molecule has 0 saturated carbocycles. The van der Waals surface area contributed by atoms with Gasteiger partial charge in [-0.2, -0.15) is 0 Å². The molecule has 0 aliphatic carbocycles. The van der Waals surface area contributed by atoms with E-state index in [0.717, 1.165) is 48.1 Å². The van der Waals surface area contributed by atoms with Gasteiger partial charge in [-0.25, -0.2) is 9.97 Å². The van der Waals surface area contributed by atoms with Gasteiger partial charge in [0.1, 0.15) is 17.5 Å². The van der Waals surface area contributed by atoms with Gasteiger partial charge in [-0.05, 0) is 26.3 Å². The second-order valence-electron chi connectivity index (χ2n) is 4.98. The molecule has 0 bridgehead atoms. The number of hydrogen-bond acceptors (Lipinski definition) is 5. The highest BCUT2D eigenvalue weighted by Crippen LogP contribution is 2.24. The molecule has 0 fully saturated rings. The molecule has 2 heterocycles. The molecule has 5 heteroatoms. The summed E-state index contributed by atoms with van der Waals surface area (Å²) in [4.78, 5) is 11.2. The maximum atomic E-state index is 5.11. The van der Waals surface area contributed by atoms with Gasteiger partial charge < -0.3 is 14.6 Å². The lowest BCUT2D eigenvalue weighted by Crippen LogP contribution is -2.20. The fourth-order valence-electron chi connectivity index (χ4n) is 2.13. The van der Waals surface area contributed by atoms with Crippen molar-refractivity contribution in [3.63, 3.8) is 0 Å². The van der Waals surface area contributed by atoms with E-state index in [-0.39, 0.29) is 0 Å². The largest absolute Gasteiger partial charge is 0.472 e. The lowest BCUT2D eigenvalue weighted by Gasteiger charge is -2.21. The fraction of sp³-hybridized carbons (Fsp3) is 0.467. The monoisotopic (exact) mass is 274 g/mol. The van der Waals surface area contributed by atoms with Gasteiger partial charge in [0.2, 0.25) is 0 Å². The highest BCUT2D eigenvalue weighted by atomic mass is 16.3. The van der Waals surface area contributed by atoms with Crippen LogP contribution in [0.2, 0.25) is 0 Å². The predicted molar refractivity (Wildman–Crippen MR) is 81.1 cm³/mol. The SMILES string of the molecule is CCCNc1nc(C)nc(N(C)Cc2ccoc2)c1C. The Morgan fingerprint density at radius 2 is 2.10 bits per heavy atom. The summed E-state index contributed by atoms with van der Waals surface area (Å²) in [6.07, 6.45) is 4.52. The molecule has 0 radical (unpaired) electrons. The average molecular weight is 274 g/mol. The molecule has 20 heavy (non-hydrogen) atoms. The summed E-state index contributed by atoms with van der Waals surface area (Å²) in [5.74, 6) is 2.66. The Bertz CT molecular complexity index is 551. The Morgan fingerprint density at radius 3 is 2.75 bits per heavy atom. The quantitative estimate of drug-likeness (QED) is 0.877. The number of hydrogen-bond donors (Lipinski definition) is 1. The van der Waals surface area contributed by atoms with Gasteiger partial charge in [0.15, 0.2) is 0 Å². The lowest BCUT2D eigenvalue weighted by molar-refractivity contribution is 0.563. The minimum atomic E-state index is 0.765. The fourth-order valence-corrected chi connectivity index (χ4v) is 2.13. The topological polar surface area (TPSA) is 54.2 Å². The van der Waals surface area contributed by atoms with Crippen LogP contribution in [0.25, 0.3) is 0 Å². The van der Waals surface area contributed by atoms with E-state index in [1.165, 1.54) is 0 Å². The number of nitrogens with one attached hydrogen (secondary N) is 1. The van der Waals surface area contributed by atoms with E-state index >= 15 is 0 Å². The van der Waals surface area contributed by atoms with E-state index in [1.807, 2.05) is 20.0 Å². The zero-order valence-electron chi connectivity index (χ0n) is 12.6. The summed E-state index contributed by atoms with van der Waals surface area (Å²) < 4.78 is 5.11. The Balaban J connectivity index is 2.23. The molecule has 2 aromatic heterocycles. The maximum absolute atomic E-state index is 5.11. The van der Waals surface area contributed by atoms with Crippen molar-refractivity contribution in [2.75, 3.05) is 23.8 Å². The summed E-state index contributed by atoms with van der Waals surface area (Å²) >= 11 is 0. The standard InChI is InChI=1S/C15H22N4O/c1-5-7-16-14-11(2)15(18-12(3)17-14)19(4)9-13-6-8-20-10-13/h6,8,10H,5,7,9H2,1-4H3,(H,16,17,18). The smallest absolute Gasteiger partial charge is 0.137 e. The molecule has 0 atom stereocenters. The third kappa shape index (κ3) is 3.29. The molecular weight excluding hydrogens is 252 g/mol. The summed E-state index contributed by atoms with van der Waals surface area (Å²) in [6, 6.07) is 1.97. The van der Waals surface area contributed by atoms with Gasteiger partial charge in [-0.15, -0.1) is 0 Å². The first kappa shape index (κ1) is 14.4. The third-order valence-electron chi connectivity index (χ3n) is 3.14. The van der Waals surface area contributed by atoms with Crippen molar-refractivity contribution in [2.24, 2.45) is 0 Å². The first-order chi connectivity index (χ1) is 9.61. The number of aromatic nitrogens is 2. The Morgan fingerprint density at radius 1 is 1.30 bits per heavy atom. The van der Waals surface area contributed by atoms with Gasteiger partial charge in [0.25, 0.3) is 0 Å². The van der Waals surface area contributed by atoms with E-state index in [1.54, 1.807) is 12.5 Å². The minimum Gasteiger partial charge on any atom is -0.472 e. The molecule has 0 aliphatic rings. The third-order valence-corrected chi connectivity index (χ3v) is 3.14. The van der Waals surface area contributed by atoms with Crippen LogP contribution < -0.4 is 10.2 Å². The normalized spacial score (nSPS) is 10.6. The van der Waals surface area contributed by atoms with E-state index in [0.29, 0.717) is 0 Å². The lowest BCUT2D eigenvalue weighted by atomic mass is 10.2. The maximum Gasteiger partial charge on any atom is 0.137 e.